The molecule has 2 aliphatic carbocycles. The summed E-state index contributed by atoms with van der Waals surface area (Å²) in [4.78, 5) is 0. The number of hydrogen-bond donors (Lipinski definition) is 2. The van der Waals surface area contributed by atoms with E-state index in [1.165, 1.54) is 64.6 Å². The Labute approximate surface area is 99.6 Å². The van der Waals surface area contributed by atoms with Gasteiger partial charge in [0.1, 0.15) is 0 Å². The molecule has 3 atom stereocenters. The molecule has 0 aromatic heterocycles. The van der Waals surface area contributed by atoms with E-state index in [9.17, 15) is 0 Å². The predicted octanol–water partition coefficient (Wildman–Crippen LogP) is 2.15. The van der Waals surface area contributed by atoms with Crippen molar-refractivity contribution in [2.75, 3.05) is 19.6 Å². The fourth-order valence-electron chi connectivity index (χ4n) is 3.71. The maximum atomic E-state index is 3.71. The molecule has 3 fully saturated rings. The Morgan fingerprint density at radius 3 is 2.94 bits per heavy atom. The Kier molecular flexibility index (Phi) is 3.49. The van der Waals surface area contributed by atoms with Gasteiger partial charge in [0.15, 0.2) is 0 Å². The van der Waals surface area contributed by atoms with Crippen LogP contribution < -0.4 is 10.6 Å². The van der Waals surface area contributed by atoms with Crippen molar-refractivity contribution in [2.45, 2.75) is 51.0 Å². The van der Waals surface area contributed by atoms with Gasteiger partial charge in [-0.1, -0.05) is 19.3 Å². The van der Waals surface area contributed by atoms with E-state index in [-0.39, 0.29) is 0 Å². The van der Waals surface area contributed by atoms with Crippen LogP contribution in [0.5, 0.6) is 0 Å². The summed E-state index contributed by atoms with van der Waals surface area (Å²) in [6.07, 6.45) is 10.3. The predicted molar refractivity (Wildman–Crippen MR) is 67.4 cm³/mol. The third-order valence-corrected chi connectivity index (χ3v) is 4.90. The van der Waals surface area contributed by atoms with E-state index < -0.39 is 0 Å². The average Bonchev–Trinajstić information content (AvgIpc) is 2.86. The summed E-state index contributed by atoms with van der Waals surface area (Å²) in [6.45, 7) is 3.75. The highest BCUT2D eigenvalue weighted by Crippen LogP contribution is 2.37. The highest BCUT2D eigenvalue weighted by Gasteiger charge is 2.38. The normalized spacial score (nSPS) is 37.9. The second-order valence-corrected chi connectivity index (χ2v) is 6.16. The van der Waals surface area contributed by atoms with Crippen LogP contribution in [-0.4, -0.2) is 25.7 Å². The molecule has 1 heterocycles. The van der Waals surface area contributed by atoms with E-state index in [4.69, 9.17) is 0 Å². The van der Waals surface area contributed by atoms with Crippen LogP contribution >= 0.6 is 0 Å². The summed E-state index contributed by atoms with van der Waals surface area (Å²) in [7, 11) is 0. The Morgan fingerprint density at radius 2 is 2.06 bits per heavy atom. The number of fused-ring (bicyclic) bond motifs is 1. The van der Waals surface area contributed by atoms with Crippen LogP contribution in [0.2, 0.25) is 0 Å². The Balaban J connectivity index is 1.29. The summed E-state index contributed by atoms with van der Waals surface area (Å²) in [5.41, 5.74) is 0. The zero-order valence-electron chi connectivity index (χ0n) is 10.4. The summed E-state index contributed by atoms with van der Waals surface area (Å²) < 4.78 is 0. The van der Waals surface area contributed by atoms with Gasteiger partial charge < -0.3 is 10.6 Å². The fraction of sp³-hybridized carbons (Fsp3) is 1.00. The number of nitrogens with one attached hydrogen (secondary N) is 2. The van der Waals surface area contributed by atoms with Gasteiger partial charge in [-0.3, -0.25) is 0 Å². The molecule has 16 heavy (non-hydrogen) atoms. The Morgan fingerprint density at radius 1 is 1.12 bits per heavy atom. The molecule has 3 aliphatic rings. The molecule has 0 spiro atoms. The molecule has 0 aromatic rings. The molecule has 0 bridgehead atoms. The van der Waals surface area contributed by atoms with E-state index >= 15 is 0 Å². The van der Waals surface area contributed by atoms with E-state index in [0.717, 1.165) is 23.8 Å². The largest absolute Gasteiger partial charge is 0.315 e. The second-order valence-electron chi connectivity index (χ2n) is 6.16. The van der Waals surface area contributed by atoms with Gasteiger partial charge in [0.25, 0.3) is 0 Å². The number of hydrogen-bond acceptors (Lipinski definition) is 2. The molecule has 0 aromatic carbocycles. The van der Waals surface area contributed by atoms with Gasteiger partial charge in [0.2, 0.25) is 0 Å². The molecular weight excluding hydrogens is 196 g/mol. The standard InChI is InChI=1S/C14H26N2/c1-4-12-9-16-14(13(12)5-1)10-15-8-2-3-11-6-7-11/h11-16H,1-10H2. The first-order valence-corrected chi connectivity index (χ1v) is 7.37. The van der Waals surface area contributed by atoms with Gasteiger partial charge in [-0.25, -0.2) is 0 Å². The lowest BCUT2D eigenvalue weighted by Crippen LogP contribution is -2.38. The van der Waals surface area contributed by atoms with Crippen LogP contribution in [0.25, 0.3) is 0 Å². The van der Waals surface area contributed by atoms with Gasteiger partial charge in [-0.15, -0.1) is 0 Å². The van der Waals surface area contributed by atoms with Crippen molar-refractivity contribution < 1.29 is 0 Å². The maximum absolute atomic E-state index is 3.71. The lowest BCUT2D eigenvalue weighted by Gasteiger charge is -2.18. The van der Waals surface area contributed by atoms with Crippen molar-refractivity contribution in [1.82, 2.24) is 10.6 Å². The van der Waals surface area contributed by atoms with Gasteiger partial charge in [0.05, 0.1) is 0 Å². The van der Waals surface area contributed by atoms with Crippen molar-refractivity contribution in [3.05, 3.63) is 0 Å². The molecule has 2 saturated carbocycles. The van der Waals surface area contributed by atoms with Crippen molar-refractivity contribution in [3.8, 4) is 0 Å². The first-order chi connectivity index (χ1) is 7.93. The number of rotatable bonds is 6. The van der Waals surface area contributed by atoms with Crippen LogP contribution in [0.1, 0.15) is 44.9 Å². The minimum Gasteiger partial charge on any atom is -0.315 e. The zero-order chi connectivity index (χ0) is 10.8. The average molecular weight is 222 g/mol. The molecule has 1 aliphatic heterocycles. The minimum absolute atomic E-state index is 0.786. The summed E-state index contributed by atoms with van der Waals surface area (Å²) in [6, 6.07) is 0.786. The molecule has 0 radical (unpaired) electrons. The third kappa shape index (κ3) is 2.60. The third-order valence-electron chi connectivity index (χ3n) is 4.90. The monoisotopic (exact) mass is 222 g/mol. The first kappa shape index (κ1) is 11.0. The zero-order valence-corrected chi connectivity index (χ0v) is 10.4. The first-order valence-electron chi connectivity index (χ1n) is 7.37. The minimum atomic E-state index is 0.786. The molecule has 3 rings (SSSR count). The fourth-order valence-corrected chi connectivity index (χ4v) is 3.71. The quantitative estimate of drug-likeness (QED) is 0.673. The van der Waals surface area contributed by atoms with Crippen LogP contribution in [0.3, 0.4) is 0 Å². The van der Waals surface area contributed by atoms with Crippen molar-refractivity contribution in [3.63, 3.8) is 0 Å². The van der Waals surface area contributed by atoms with E-state index in [0.29, 0.717) is 0 Å². The van der Waals surface area contributed by atoms with Gasteiger partial charge in [-0.2, -0.15) is 0 Å². The summed E-state index contributed by atoms with van der Waals surface area (Å²) in [5, 5.41) is 7.37. The molecule has 92 valence electrons. The maximum Gasteiger partial charge on any atom is 0.0223 e. The highest BCUT2D eigenvalue weighted by molar-refractivity contribution is 4.94. The topological polar surface area (TPSA) is 24.1 Å². The molecule has 2 heteroatoms. The van der Waals surface area contributed by atoms with E-state index in [1.807, 2.05) is 0 Å². The van der Waals surface area contributed by atoms with Crippen LogP contribution in [0.4, 0.5) is 0 Å². The summed E-state index contributed by atoms with van der Waals surface area (Å²) in [5.74, 6) is 3.11. The van der Waals surface area contributed by atoms with Crippen LogP contribution in [0, 0.1) is 17.8 Å². The van der Waals surface area contributed by atoms with E-state index in [1.54, 1.807) is 0 Å². The SMILES string of the molecule is C(CNCC1NCC2CCCC21)CC1CC1. The lowest BCUT2D eigenvalue weighted by molar-refractivity contribution is 0.391. The lowest BCUT2D eigenvalue weighted by atomic mass is 9.94. The molecule has 1 saturated heterocycles. The van der Waals surface area contributed by atoms with Crippen molar-refractivity contribution >= 4 is 0 Å². The molecule has 2 nitrogen and oxygen atoms in total. The molecule has 3 unspecified atom stereocenters. The van der Waals surface area contributed by atoms with Gasteiger partial charge in [0, 0.05) is 12.6 Å². The Hall–Kier alpha value is -0.0800. The second kappa shape index (κ2) is 5.05. The van der Waals surface area contributed by atoms with Crippen LogP contribution in [0.15, 0.2) is 0 Å². The van der Waals surface area contributed by atoms with Crippen LogP contribution in [-0.2, 0) is 0 Å². The Bertz CT molecular complexity index is 225. The summed E-state index contributed by atoms with van der Waals surface area (Å²) >= 11 is 0. The van der Waals surface area contributed by atoms with Crippen molar-refractivity contribution in [1.29, 1.82) is 0 Å². The van der Waals surface area contributed by atoms with Crippen molar-refractivity contribution in [2.24, 2.45) is 17.8 Å². The highest BCUT2D eigenvalue weighted by atomic mass is 15.0. The van der Waals surface area contributed by atoms with Gasteiger partial charge >= 0.3 is 0 Å². The van der Waals surface area contributed by atoms with E-state index in [2.05, 4.69) is 10.6 Å². The van der Waals surface area contributed by atoms with Gasteiger partial charge in [-0.05, 0) is 56.5 Å². The molecule has 2 N–H and O–H groups in total. The molecular formula is C14H26N2. The molecule has 0 amide bonds. The smallest absolute Gasteiger partial charge is 0.0223 e.